The fraction of sp³-hybridized carbons (Fsp3) is 0.167. The van der Waals surface area contributed by atoms with Crippen LogP contribution in [0.2, 0.25) is 10.0 Å². The summed E-state index contributed by atoms with van der Waals surface area (Å²) >= 11 is 15.3. The van der Waals surface area contributed by atoms with Crippen molar-refractivity contribution in [3.8, 4) is 5.75 Å². The van der Waals surface area contributed by atoms with Crippen LogP contribution in [-0.4, -0.2) is 12.4 Å². The number of ketones is 1. The summed E-state index contributed by atoms with van der Waals surface area (Å²) in [6.45, 7) is 2.67. The fourth-order valence-electron chi connectivity index (χ4n) is 1.94. The SMILES string of the molecule is CCCOc1ccc(Br)cc1/C=C/C(=O)c1ccc(Cl)cc1Cl. The van der Waals surface area contributed by atoms with Gasteiger partial charge in [0.1, 0.15) is 5.75 Å². The minimum atomic E-state index is -0.187. The van der Waals surface area contributed by atoms with Crippen molar-refractivity contribution in [1.82, 2.24) is 0 Å². The second-order valence-electron chi connectivity index (χ2n) is 4.85. The Morgan fingerprint density at radius 3 is 2.70 bits per heavy atom. The Morgan fingerprint density at radius 2 is 2.00 bits per heavy atom. The van der Waals surface area contributed by atoms with Crippen molar-refractivity contribution in [1.29, 1.82) is 0 Å². The molecule has 0 heterocycles. The standard InChI is InChI=1S/C18H15BrCl2O2/c1-2-9-23-18-8-4-13(19)10-12(18)3-7-17(22)15-6-5-14(20)11-16(15)21/h3-8,10-11H,2,9H2,1H3/b7-3+. The number of halogens is 3. The third-order valence-electron chi connectivity index (χ3n) is 3.04. The number of rotatable bonds is 6. The molecule has 0 radical (unpaired) electrons. The summed E-state index contributed by atoms with van der Waals surface area (Å²) in [7, 11) is 0. The molecule has 0 amide bonds. The Bertz CT molecular complexity index is 742. The van der Waals surface area contributed by atoms with Gasteiger partial charge >= 0.3 is 0 Å². The summed E-state index contributed by atoms with van der Waals surface area (Å²) < 4.78 is 6.61. The van der Waals surface area contributed by atoms with Gasteiger partial charge in [0.05, 0.1) is 11.6 Å². The molecule has 0 aliphatic heterocycles. The van der Waals surface area contributed by atoms with E-state index in [2.05, 4.69) is 15.9 Å². The van der Waals surface area contributed by atoms with Crippen molar-refractivity contribution < 1.29 is 9.53 Å². The zero-order chi connectivity index (χ0) is 16.8. The highest BCUT2D eigenvalue weighted by atomic mass is 79.9. The molecule has 2 rings (SSSR count). The van der Waals surface area contributed by atoms with Crippen LogP contribution in [0, 0.1) is 0 Å². The van der Waals surface area contributed by atoms with Crippen molar-refractivity contribution in [2.45, 2.75) is 13.3 Å². The van der Waals surface area contributed by atoms with E-state index in [1.807, 2.05) is 25.1 Å². The van der Waals surface area contributed by atoms with Crippen LogP contribution < -0.4 is 4.74 Å². The molecule has 5 heteroatoms. The van der Waals surface area contributed by atoms with E-state index in [9.17, 15) is 4.79 Å². The lowest BCUT2D eigenvalue weighted by molar-refractivity contribution is 0.104. The maximum atomic E-state index is 12.3. The molecule has 0 spiro atoms. The van der Waals surface area contributed by atoms with E-state index in [-0.39, 0.29) is 5.78 Å². The fourth-order valence-corrected chi connectivity index (χ4v) is 2.82. The molecule has 2 aromatic carbocycles. The Labute approximate surface area is 154 Å². The minimum absolute atomic E-state index is 0.187. The van der Waals surface area contributed by atoms with Crippen LogP contribution >= 0.6 is 39.1 Å². The zero-order valence-electron chi connectivity index (χ0n) is 12.5. The minimum Gasteiger partial charge on any atom is -0.493 e. The third kappa shape index (κ3) is 5.10. The van der Waals surface area contributed by atoms with Gasteiger partial charge in [0.15, 0.2) is 5.78 Å². The van der Waals surface area contributed by atoms with Crippen LogP contribution in [0.4, 0.5) is 0 Å². The molecule has 0 aromatic heterocycles. The number of carbonyl (C=O) groups excluding carboxylic acids is 1. The van der Waals surface area contributed by atoms with E-state index < -0.39 is 0 Å². The van der Waals surface area contributed by atoms with Crippen molar-refractivity contribution in [3.05, 3.63) is 68.1 Å². The third-order valence-corrected chi connectivity index (χ3v) is 4.09. The highest BCUT2D eigenvalue weighted by Gasteiger charge is 2.08. The highest BCUT2D eigenvalue weighted by Crippen LogP contribution is 2.26. The number of hydrogen-bond donors (Lipinski definition) is 0. The van der Waals surface area contributed by atoms with Gasteiger partial charge in [-0.25, -0.2) is 0 Å². The van der Waals surface area contributed by atoms with Gasteiger partial charge in [0.2, 0.25) is 0 Å². The number of ether oxygens (including phenoxy) is 1. The van der Waals surface area contributed by atoms with Crippen LogP contribution in [0.5, 0.6) is 5.75 Å². The summed E-state index contributed by atoms with van der Waals surface area (Å²) in [5.41, 5.74) is 1.24. The van der Waals surface area contributed by atoms with E-state index in [4.69, 9.17) is 27.9 Å². The van der Waals surface area contributed by atoms with E-state index in [1.165, 1.54) is 6.08 Å². The lowest BCUT2D eigenvalue weighted by Gasteiger charge is -2.08. The summed E-state index contributed by atoms with van der Waals surface area (Å²) in [6, 6.07) is 10.5. The Hall–Kier alpha value is -1.29. The number of benzene rings is 2. The van der Waals surface area contributed by atoms with Gasteiger partial charge in [0.25, 0.3) is 0 Å². The molecule has 0 atom stereocenters. The van der Waals surface area contributed by atoms with Crippen LogP contribution in [-0.2, 0) is 0 Å². The molecular weight excluding hydrogens is 399 g/mol. The molecule has 2 aromatic rings. The predicted octanol–water partition coefficient (Wildman–Crippen LogP) is 6.44. The molecule has 0 fully saturated rings. The maximum Gasteiger partial charge on any atom is 0.187 e. The summed E-state index contributed by atoms with van der Waals surface area (Å²) in [5, 5.41) is 0.835. The first-order valence-electron chi connectivity index (χ1n) is 7.11. The van der Waals surface area contributed by atoms with Gasteiger partial charge < -0.3 is 4.74 Å². The highest BCUT2D eigenvalue weighted by molar-refractivity contribution is 9.10. The maximum absolute atomic E-state index is 12.3. The molecule has 0 saturated heterocycles. The van der Waals surface area contributed by atoms with Crippen molar-refractivity contribution in [2.75, 3.05) is 6.61 Å². The first-order valence-corrected chi connectivity index (χ1v) is 8.66. The Kier molecular flexibility index (Phi) is 6.70. The van der Waals surface area contributed by atoms with Gasteiger partial charge in [-0.05, 0) is 55.0 Å². The molecule has 0 unspecified atom stereocenters. The normalized spacial score (nSPS) is 11.0. The van der Waals surface area contributed by atoms with Crippen LogP contribution in [0.3, 0.4) is 0 Å². The molecule has 0 aliphatic carbocycles. The van der Waals surface area contributed by atoms with Gasteiger partial charge in [0, 0.05) is 20.6 Å². The van der Waals surface area contributed by atoms with Gasteiger partial charge in [-0.1, -0.05) is 46.1 Å². The number of allylic oxidation sites excluding steroid dienone is 1. The smallest absolute Gasteiger partial charge is 0.187 e. The zero-order valence-corrected chi connectivity index (χ0v) is 15.6. The van der Waals surface area contributed by atoms with Gasteiger partial charge in [-0.3, -0.25) is 4.79 Å². The summed E-state index contributed by atoms with van der Waals surface area (Å²) in [5.74, 6) is 0.550. The predicted molar refractivity (Wildman–Crippen MR) is 99.8 cm³/mol. The van der Waals surface area contributed by atoms with E-state index in [0.29, 0.717) is 22.2 Å². The second kappa shape index (κ2) is 8.53. The largest absolute Gasteiger partial charge is 0.493 e. The topological polar surface area (TPSA) is 26.3 Å². The van der Waals surface area contributed by atoms with Crippen LogP contribution in [0.25, 0.3) is 6.08 Å². The van der Waals surface area contributed by atoms with E-state index in [0.717, 1.165) is 22.2 Å². The molecule has 0 N–H and O–H groups in total. The molecule has 0 bridgehead atoms. The van der Waals surface area contributed by atoms with Crippen molar-refractivity contribution in [2.24, 2.45) is 0 Å². The Morgan fingerprint density at radius 1 is 1.22 bits per heavy atom. The van der Waals surface area contributed by atoms with Crippen molar-refractivity contribution >= 4 is 51.0 Å². The second-order valence-corrected chi connectivity index (χ2v) is 6.61. The molecule has 0 aliphatic rings. The molecular formula is C18H15BrCl2O2. The summed E-state index contributed by atoms with van der Waals surface area (Å²) in [6.07, 6.45) is 4.12. The molecule has 0 saturated carbocycles. The molecule has 120 valence electrons. The Balaban J connectivity index is 2.25. The average Bonchev–Trinajstić information content (AvgIpc) is 2.51. The lowest BCUT2D eigenvalue weighted by Crippen LogP contribution is -1.98. The average molecular weight is 414 g/mol. The number of carbonyl (C=O) groups is 1. The first-order chi connectivity index (χ1) is 11.0. The quantitative estimate of drug-likeness (QED) is 0.402. The summed E-state index contributed by atoms with van der Waals surface area (Å²) in [4.78, 5) is 12.3. The van der Waals surface area contributed by atoms with Crippen LogP contribution in [0.15, 0.2) is 46.9 Å². The van der Waals surface area contributed by atoms with Gasteiger partial charge in [-0.2, -0.15) is 0 Å². The van der Waals surface area contributed by atoms with E-state index >= 15 is 0 Å². The first kappa shape index (κ1) is 18.1. The molecule has 2 nitrogen and oxygen atoms in total. The van der Waals surface area contributed by atoms with Crippen LogP contribution in [0.1, 0.15) is 29.3 Å². The van der Waals surface area contributed by atoms with Crippen molar-refractivity contribution in [3.63, 3.8) is 0 Å². The van der Waals surface area contributed by atoms with E-state index in [1.54, 1.807) is 24.3 Å². The monoisotopic (exact) mass is 412 g/mol. The lowest BCUT2D eigenvalue weighted by atomic mass is 10.1. The van der Waals surface area contributed by atoms with Gasteiger partial charge in [-0.15, -0.1) is 0 Å². The molecule has 23 heavy (non-hydrogen) atoms. The number of hydrogen-bond acceptors (Lipinski definition) is 2.